The molecule has 0 aliphatic rings. The maximum atomic E-state index is 12.0. The van der Waals surface area contributed by atoms with Crippen LogP contribution in [0.4, 0.5) is 5.82 Å². The molecule has 0 aliphatic carbocycles. The number of nitrogens with one attached hydrogen (secondary N) is 2. The SMILES string of the molecule is Cc1c(CCO)c(NC(C)Cc2ccccc2)[nH]c(=O)c1C#N. The summed E-state index contributed by atoms with van der Waals surface area (Å²) in [6.45, 7) is 3.73. The maximum Gasteiger partial charge on any atom is 0.267 e. The van der Waals surface area contributed by atoms with Gasteiger partial charge in [-0.2, -0.15) is 5.26 Å². The molecule has 2 rings (SSSR count). The first-order valence-corrected chi connectivity index (χ1v) is 7.64. The van der Waals surface area contributed by atoms with Crippen molar-refractivity contribution in [1.82, 2.24) is 4.98 Å². The number of pyridine rings is 1. The number of aromatic amines is 1. The molecule has 0 saturated heterocycles. The van der Waals surface area contributed by atoms with Crippen LogP contribution in [-0.2, 0) is 12.8 Å². The smallest absolute Gasteiger partial charge is 0.267 e. The Kier molecular flexibility index (Phi) is 5.56. The standard InChI is InChI=1S/C18H21N3O2/c1-12(10-14-6-4-3-5-7-14)20-17-15(8-9-22)13(2)16(11-19)18(23)21-17/h3-7,12,22H,8-10H2,1-2H3,(H2,20,21,23). The van der Waals surface area contributed by atoms with Crippen molar-refractivity contribution in [3.63, 3.8) is 0 Å². The fourth-order valence-electron chi connectivity index (χ4n) is 2.71. The van der Waals surface area contributed by atoms with Crippen molar-refractivity contribution in [2.75, 3.05) is 11.9 Å². The van der Waals surface area contributed by atoms with E-state index in [1.165, 1.54) is 5.56 Å². The summed E-state index contributed by atoms with van der Waals surface area (Å²) in [6, 6.07) is 12.1. The average Bonchev–Trinajstić information content (AvgIpc) is 2.52. The number of hydrogen-bond donors (Lipinski definition) is 3. The van der Waals surface area contributed by atoms with Crippen molar-refractivity contribution >= 4 is 5.82 Å². The topological polar surface area (TPSA) is 88.9 Å². The molecule has 1 aromatic carbocycles. The van der Waals surface area contributed by atoms with Crippen molar-refractivity contribution in [2.45, 2.75) is 32.7 Å². The van der Waals surface area contributed by atoms with Crippen LogP contribution in [0.3, 0.4) is 0 Å². The highest BCUT2D eigenvalue weighted by molar-refractivity contribution is 5.54. The van der Waals surface area contributed by atoms with Crippen LogP contribution in [0.25, 0.3) is 0 Å². The number of anilines is 1. The molecule has 1 heterocycles. The first-order valence-electron chi connectivity index (χ1n) is 7.64. The predicted molar refractivity (Wildman–Crippen MR) is 90.5 cm³/mol. The van der Waals surface area contributed by atoms with E-state index in [4.69, 9.17) is 5.26 Å². The van der Waals surface area contributed by atoms with Gasteiger partial charge in [0.05, 0.1) is 0 Å². The van der Waals surface area contributed by atoms with Gasteiger partial charge in [0.2, 0.25) is 0 Å². The fraction of sp³-hybridized carbons (Fsp3) is 0.333. The zero-order valence-electron chi connectivity index (χ0n) is 13.4. The van der Waals surface area contributed by atoms with E-state index in [1.807, 2.05) is 31.2 Å². The number of nitriles is 1. The highest BCUT2D eigenvalue weighted by atomic mass is 16.3. The van der Waals surface area contributed by atoms with Gasteiger partial charge in [-0.05, 0) is 43.4 Å². The van der Waals surface area contributed by atoms with Gasteiger partial charge in [0.25, 0.3) is 5.56 Å². The molecule has 23 heavy (non-hydrogen) atoms. The third-order valence-electron chi connectivity index (χ3n) is 3.84. The first kappa shape index (κ1) is 16.8. The van der Waals surface area contributed by atoms with Crippen LogP contribution in [0.5, 0.6) is 0 Å². The molecule has 1 atom stereocenters. The molecular weight excluding hydrogens is 290 g/mol. The van der Waals surface area contributed by atoms with Crippen LogP contribution in [0, 0.1) is 18.3 Å². The Labute approximate surface area is 135 Å². The molecule has 5 nitrogen and oxygen atoms in total. The van der Waals surface area contributed by atoms with E-state index in [9.17, 15) is 9.90 Å². The molecular formula is C18H21N3O2. The summed E-state index contributed by atoms with van der Waals surface area (Å²) in [5.74, 6) is 0.587. The van der Waals surface area contributed by atoms with Crippen LogP contribution in [0.15, 0.2) is 35.1 Å². The summed E-state index contributed by atoms with van der Waals surface area (Å²) in [7, 11) is 0. The van der Waals surface area contributed by atoms with Crippen LogP contribution in [0.1, 0.15) is 29.2 Å². The first-order chi connectivity index (χ1) is 11.1. The third kappa shape index (κ3) is 3.99. The van der Waals surface area contributed by atoms with Gasteiger partial charge in [-0.1, -0.05) is 30.3 Å². The lowest BCUT2D eigenvalue weighted by Gasteiger charge is -2.19. The second kappa shape index (κ2) is 7.61. The molecule has 2 aromatic rings. The lowest BCUT2D eigenvalue weighted by Crippen LogP contribution is -2.25. The van der Waals surface area contributed by atoms with E-state index in [2.05, 4.69) is 22.4 Å². The molecule has 0 aliphatic heterocycles. The maximum absolute atomic E-state index is 12.0. The highest BCUT2D eigenvalue weighted by Crippen LogP contribution is 2.20. The second-order valence-electron chi connectivity index (χ2n) is 5.63. The molecule has 0 saturated carbocycles. The van der Waals surface area contributed by atoms with Crippen molar-refractivity contribution < 1.29 is 5.11 Å². The molecule has 0 bridgehead atoms. The van der Waals surface area contributed by atoms with Gasteiger partial charge in [0.15, 0.2) is 0 Å². The largest absolute Gasteiger partial charge is 0.396 e. The number of rotatable bonds is 6. The normalized spacial score (nSPS) is 11.7. The number of nitrogens with zero attached hydrogens (tertiary/aromatic N) is 1. The minimum atomic E-state index is -0.402. The monoisotopic (exact) mass is 311 g/mol. The molecule has 120 valence electrons. The number of aliphatic hydroxyl groups excluding tert-OH is 1. The Bertz CT molecular complexity index is 760. The fourth-order valence-corrected chi connectivity index (χ4v) is 2.71. The van der Waals surface area contributed by atoms with E-state index >= 15 is 0 Å². The zero-order chi connectivity index (χ0) is 16.8. The van der Waals surface area contributed by atoms with E-state index in [0.717, 1.165) is 12.0 Å². The van der Waals surface area contributed by atoms with Crippen molar-refractivity contribution in [3.8, 4) is 6.07 Å². The highest BCUT2D eigenvalue weighted by Gasteiger charge is 2.15. The lowest BCUT2D eigenvalue weighted by molar-refractivity contribution is 0.299. The van der Waals surface area contributed by atoms with E-state index in [-0.39, 0.29) is 18.2 Å². The molecule has 0 fully saturated rings. The van der Waals surface area contributed by atoms with Gasteiger partial charge in [-0.25, -0.2) is 0 Å². The number of aliphatic hydroxyl groups is 1. The van der Waals surface area contributed by atoms with Gasteiger partial charge in [-0.15, -0.1) is 0 Å². The molecule has 3 N–H and O–H groups in total. The number of aromatic nitrogens is 1. The molecule has 0 amide bonds. The predicted octanol–water partition coefficient (Wildman–Crippen LogP) is 2.13. The van der Waals surface area contributed by atoms with Gasteiger partial charge in [-0.3, -0.25) is 4.79 Å². The quantitative estimate of drug-likeness (QED) is 0.762. The summed E-state index contributed by atoms with van der Waals surface area (Å²) in [5, 5.41) is 21.7. The van der Waals surface area contributed by atoms with Gasteiger partial charge < -0.3 is 15.4 Å². The third-order valence-corrected chi connectivity index (χ3v) is 3.84. The van der Waals surface area contributed by atoms with E-state index in [0.29, 0.717) is 17.8 Å². The minimum Gasteiger partial charge on any atom is -0.396 e. The average molecular weight is 311 g/mol. The zero-order valence-corrected chi connectivity index (χ0v) is 13.4. The number of H-pyrrole nitrogens is 1. The summed E-state index contributed by atoms with van der Waals surface area (Å²) < 4.78 is 0. The van der Waals surface area contributed by atoms with Crippen LogP contribution in [-0.4, -0.2) is 22.7 Å². The summed E-state index contributed by atoms with van der Waals surface area (Å²) in [4.78, 5) is 14.7. The molecule has 0 spiro atoms. The molecule has 0 radical (unpaired) electrons. The van der Waals surface area contributed by atoms with Gasteiger partial charge in [0.1, 0.15) is 17.5 Å². The molecule has 1 aromatic heterocycles. The summed E-state index contributed by atoms with van der Waals surface area (Å²) in [5.41, 5.74) is 2.31. The Morgan fingerprint density at radius 1 is 1.35 bits per heavy atom. The van der Waals surface area contributed by atoms with Crippen molar-refractivity contribution in [3.05, 3.63) is 62.9 Å². The van der Waals surface area contributed by atoms with Crippen LogP contribution >= 0.6 is 0 Å². The second-order valence-corrected chi connectivity index (χ2v) is 5.63. The Morgan fingerprint density at radius 2 is 2.04 bits per heavy atom. The van der Waals surface area contributed by atoms with Crippen LogP contribution in [0.2, 0.25) is 0 Å². The molecule has 1 unspecified atom stereocenters. The summed E-state index contributed by atoms with van der Waals surface area (Å²) in [6.07, 6.45) is 1.19. The van der Waals surface area contributed by atoms with Crippen LogP contribution < -0.4 is 10.9 Å². The Morgan fingerprint density at radius 3 is 2.65 bits per heavy atom. The van der Waals surface area contributed by atoms with Gasteiger partial charge in [0, 0.05) is 12.6 Å². The summed E-state index contributed by atoms with van der Waals surface area (Å²) >= 11 is 0. The molecule has 5 heteroatoms. The van der Waals surface area contributed by atoms with E-state index < -0.39 is 5.56 Å². The Hall–Kier alpha value is -2.58. The lowest BCUT2D eigenvalue weighted by atomic mass is 10.0. The number of hydrogen-bond acceptors (Lipinski definition) is 4. The minimum absolute atomic E-state index is 0.0422. The van der Waals surface area contributed by atoms with E-state index in [1.54, 1.807) is 6.92 Å². The van der Waals surface area contributed by atoms with Crippen molar-refractivity contribution in [2.24, 2.45) is 0 Å². The number of benzene rings is 1. The van der Waals surface area contributed by atoms with Crippen molar-refractivity contribution in [1.29, 1.82) is 5.26 Å². The Balaban J connectivity index is 2.28. The van der Waals surface area contributed by atoms with Gasteiger partial charge >= 0.3 is 0 Å².